The van der Waals surface area contributed by atoms with Crippen molar-refractivity contribution in [1.29, 1.82) is 0 Å². The van der Waals surface area contributed by atoms with Crippen LogP contribution < -0.4 is 0 Å². The SMILES string of the molecule is C#CCO[C@H]1[C@H]2O[C@H]3[C@H](O)[C@@H](OCC#C)[C@@H](O[C@H]4[C@H](O)[C@@H](OCC#C)[C@@H](O[C@H]5[C@H](O)[C@@H](OCC#C)[C@@H](O[C@H]6[C@H](O)[C@@H](OCC#C)[C@@H](O[C@H]7[C@H](O)[C@@H](OCC#C)[C@@H](O[C@H]8[C@H](O)[C@@H](OCC#C)[C@@H](O[C@@H]([C@@H]1O)[C@@H](CBr)O2)O[C@@H]8CBr)O[C@@H]7CBr)O[C@@H]6CBr)O[C@@H]5CBr)O[C@@H]4CBr)O[C@@H]3CBr. The number of halogens is 7. The number of aliphatic hydroxyl groups excluding tert-OH is 7. The van der Waals surface area contributed by atoms with E-state index in [1.807, 2.05) is 0 Å². The Morgan fingerprint density at radius 1 is 0.214 bits per heavy atom. The minimum absolute atomic E-state index is 0.0605. The highest BCUT2D eigenvalue weighted by Gasteiger charge is 2.61. The van der Waals surface area contributed by atoms with E-state index in [2.05, 4.69) is 153 Å². The Morgan fingerprint density at radius 2 is 0.327 bits per heavy atom. The molecule has 0 aromatic heterocycles. The molecule has 15 rings (SSSR count). The molecule has 15 heterocycles. The van der Waals surface area contributed by atoms with Crippen LogP contribution in [0.5, 0.6) is 0 Å². The van der Waals surface area contributed by atoms with Crippen LogP contribution in [0.1, 0.15) is 0 Å². The fraction of sp³-hybridized carbons (Fsp3) is 0.778. The molecule has 0 saturated carbocycles. The van der Waals surface area contributed by atoms with Crippen LogP contribution in [0.25, 0.3) is 0 Å². The Balaban J connectivity index is 1.21. The average molecular weight is 1840 g/mol. The normalized spacial score (nSPS) is 45.4. The van der Waals surface area contributed by atoms with Gasteiger partial charge in [-0.2, -0.15) is 0 Å². The van der Waals surface area contributed by atoms with Gasteiger partial charge in [0.1, 0.15) is 174 Å². The first kappa shape index (κ1) is 82.8. The Kier molecular flexibility index (Phi) is 34.4. The minimum Gasteiger partial charge on any atom is -0.387 e. The van der Waals surface area contributed by atoms with Gasteiger partial charge in [0.2, 0.25) is 0 Å². The van der Waals surface area contributed by atoms with Crippen LogP contribution in [0, 0.1) is 86.4 Å². The van der Waals surface area contributed by atoms with Gasteiger partial charge in [0.15, 0.2) is 44.0 Å². The Morgan fingerprint density at radius 3 is 0.418 bits per heavy atom. The molecule has 35 heteroatoms. The second kappa shape index (κ2) is 40.8. The van der Waals surface area contributed by atoms with Crippen LogP contribution in [-0.2, 0) is 99.5 Å². The number of fused-ring (bicyclic) bond motifs is 7. The quantitative estimate of drug-likeness (QED) is 0.0546. The van der Waals surface area contributed by atoms with E-state index in [9.17, 15) is 35.7 Å². The molecule has 0 unspecified atom stereocenters. The second-order valence-electron chi connectivity index (χ2n) is 22.9. The molecule has 0 aromatic carbocycles. The van der Waals surface area contributed by atoms with E-state index >= 15 is 0 Å². The summed E-state index contributed by atoms with van der Waals surface area (Å²) in [5.41, 5.74) is 0. The summed E-state index contributed by atoms with van der Waals surface area (Å²) >= 11 is 24.4. The number of ether oxygens (including phenoxy) is 21. The molecule has 35 atom stereocenters. The maximum absolute atomic E-state index is 12.5. The lowest BCUT2D eigenvalue weighted by atomic mass is 9.95. The van der Waals surface area contributed by atoms with Crippen molar-refractivity contribution in [3.8, 4) is 86.4 Å². The fourth-order valence-electron chi connectivity index (χ4n) is 12.4. The van der Waals surface area contributed by atoms with E-state index in [0.29, 0.717) is 0 Å². The largest absolute Gasteiger partial charge is 0.387 e. The second-order valence-corrected chi connectivity index (χ2v) is 27.4. The standard InChI is InChI=1S/C63H77Br7O28/c1-8-15-78-50-36(71)43-29(22-64)85-57(50)92-44-30(23-65)86-59(51(37(44)72)79-16-9-2)94-46-32(25-67)88-61(53(39(46)74)81-18-11-4)96-48-34(27-69)90-63(55(41(48)76)83-20-13-6)98-49-35(28-70)91-62(56(42(49)77)84-21-14-7)97-47-33(26-68)89-60(54(40(47)75)82-19-12-5)95-45-31(24-66)87-58(93-43)52(38(45)73)80-17-10-3/h1-7,29-63,71-77H,15-28H2/t29-,30-,31-,32-,33-,34-,35-,36+,37+,38+,39+,40+,41+,42+,43-,44-,45-,46-,47-,48-,49-,50-,51-,52-,53-,54-,55-,56-,57-,58-,59-,60-,61-,62-,63-/m1/s1. The van der Waals surface area contributed by atoms with Gasteiger partial charge < -0.3 is 135 Å². The third kappa shape index (κ3) is 19.3. The summed E-state index contributed by atoms with van der Waals surface area (Å²) in [6.07, 6.45) is -11.8. The van der Waals surface area contributed by atoms with Crippen LogP contribution in [0.3, 0.4) is 0 Å². The van der Waals surface area contributed by atoms with Gasteiger partial charge in [-0.3, -0.25) is 0 Å². The summed E-state index contributed by atoms with van der Waals surface area (Å²) in [6, 6.07) is 0. The van der Waals surface area contributed by atoms with E-state index in [4.69, 9.17) is 144 Å². The summed E-state index contributed by atoms with van der Waals surface area (Å²) in [6.45, 7) is -2.86. The zero-order valence-corrected chi connectivity index (χ0v) is 63.1. The van der Waals surface area contributed by atoms with Crippen molar-refractivity contribution in [3.63, 3.8) is 0 Å². The number of rotatable bonds is 21. The molecular formula is C63H77Br7O28. The number of hydrogen-bond acceptors (Lipinski definition) is 28. The zero-order valence-electron chi connectivity index (χ0n) is 52.0. The molecule has 98 heavy (non-hydrogen) atoms. The molecular weight excluding hydrogens is 1760 g/mol. The van der Waals surface area contributed by atoms with Gasteiger partial charge in [0.25, 0.3) is 0 Å². The van der Waals surface area contributed by atoms with Crippen molar-refractivity contribution < 1.29 is 135 Å². The van der Waals surface area contributed by atoms with E-state index in [1.54, 1.807) is 0 Å². The minimum atomic E-state index is -1.72. The topological polar surface area (TPSA) is 335 Å². The molecule has 15 aliphatic rings. The van der Waals surface area contributed by atoms with Gasteiger partial charge in [0, 0.05) is 37.3 Å². The molecule has 15 saturated heterocycles. The van der Waals surface area contributed by atoms with Gasteiger partial charge in [-0.15, -0.1) is 45.0 Å². The molecule has 0 aliphatic carbocycles. The van der Waals surface area contributed by atoms with Gasteiger partial charge in [-0.25, -0.2) is 0 Å². The average Bonchev–Trinajstić information content (AvgIpc) is 0.773. The molecule has 0 amide bonds. The molecule has 0 spiro atoms. The molecule has 546 valence electrons. The van der Waals surface area contributed by atoms with E-state index in [-0.39, 0.29) is 37.3 Å². The highest BCUT2D eigenvalue weighted by Crippen LogP contribution is 2.42. The van der Waals surface area contributed by atoms with Crippen LogP contribution >= 0.6 is 112 Å². The van der Waals surface area contributed by atoms with Crippen LogP contribution in [0.2, 0.25) is 0 Å². The molecule has 0 aromatic rings. The molecule has 7 N–H and O–H groups in total. The summed E-state index contributed by atoms with van der Waals surface area (Å²) < 4.78 is 134. The summed E-state index contributed by atoms with van der Waals surface area (Å²) in [7, 11) is 0. The third-order valence-corrected chi connectivity index (χ3v) is 21.4. The van der Waals surface area contributed by atoms with Crippen LogP contribution in [-0.4, -0.2) is 334 Å². The van der Waals surface area contributed by atoms with E-state index < -0.39 is 261 Å². The Labute approximate surface area is 626 Å². The van der Waals surface area contributed by atoms with Crippen molar-refractivity contribution >= 4 is 112 Å². The van der Waals surface area contributed by atoms with Crippen molar-refractivity contribution in [2.45, 2.75) is 215 Å². The maximum atomic E-state index is 12.5. The predicted molar refractivity (Wildman–Crippen MR) is 363 cm³/mol. The first-order valence-corrected chi connectivity index (χ1v) is 38.5. The highest BCUT2D eigenvalue weighted by atomic mass is 79.9. The number of terminal acetylenes is 7. The lowest BCUT2D eigenvalue weighted by Crippen LogP contribution is -2.68. The van der Waals surface area contributed by atoms with Crippen LogP contribution in [0.15, 0.2) is 0 Å². The maximum Gasteiger partial charge on any atom is 0.187 e. The fourth-order valence-corrected chi connectivity index (χ4v) is 16.1. The van der Waals surface area contributed by atoms with E-state index in [1.165, 1.54) is 0 Å². The lowest BCUT2D eigenvalue weighted by molar-refractivity contribution is -0.393. The van der Waals surface area contributed by atoms with E-state index in [0.717, 1.165) is 0 Å². The molecule has 15 fully saturated rings. The van der Waals surface area contributed by atoms with Gasteiger partial charge in [0.05, 0.1) is 42.7 Å². The first-order valence-electron chi connectivity index (χ1n) is 30.6. The summed E-state index contributed by atoms with van der Waals surface area (Å²) in [5, 5.41) is 87.1. The molecule has 28 nitrogen and oxygen atoms in total. The first-order chi connectivity index (χ1) is 47.4. The van der Waals surface area contributed by atoms with Crippen molar-refractivity contribution in [2.75, 3.05) is 83.6 Å². The monoisotopic (exact) mass is 1830 g/mol. The van der Waals surface area contributed by atoms with Crippen molar-refractivity contribution in [2.24, 2.45) is 0 Å². The Hall–Kier alpha value is -0.840. The zero-order chi connectivity index (χ0) is 70.9. The summed E-state index contributed by atoms with van der Waals surface area (Å²) in [5.74, 6) is 16.6. The number of alkyl halides is 7. The Bertz CT molecular complexity index is 2270. The smallest absolute Gasteiger partial charge is 0.187 e. The van der Waals surface area contributed by atoms with Crippen molar-refractivity contribution in [3.05, 3.63) is 0 Å². The van der Waals surface area contributed by atoms with Crippen molar-refractivity contribution in [1.82, 2.24) is 0 Å². The molecule has 15 aliphatic heterocycles. The van der Waals surface area contributed by atoms with Gasteiger partial charge in [-0.1, -0.05) is 153 Å². The van der Waals surface area contributed by atoms with Gasteiger partial charge >= 0.3 is 0 Å². The van der Waals surface area contributed by atoms with Gasteiger partial charge in [-0.05, 0) is 0 Å². The van der Waals surface area contributed by atoms with Crippen LogP contribution in [0.4, 0.5) is 0 Å². The molecule has 0 radical (unpaired) electrons. The molecule has 14 bridgehead atoms. The number of hydrogen-bond donors (Lipinski definition) is 7. The lowest BCUT2D eigenvalue weighted by Gasteiger charge is -2.51. The highest BCUT2D eigenvalue weighted by molar-refractivity contribution is 9.10. The number of aliphatic hydroxyl groups is 7. The third-order valence-electron chi connectivity index (χ3n) is 16.9. The predicted octanol–water partition coefficient (Wildman–Crippen LogP) is -0.810. The summed E-state index contributed by atoms with van der Waals surface area (Å²) in [4.78, 5) is 0.